The van der Waals surface area contributed by atoms with Crippen LogP contribution in [0.1, 0.15) is 17.3 Å². The minimum atomic E-state index is -0.642. The summed E-state index contributed by atoms with van der Waals surface area (Å²) in [6, 6.07) is 4.21. The highest BCUT2D eigenvalue weighted by atomic mass is 79.9. The highest BCUT2D eigenvalue weighted by Gasteiger charge is 2.16. The van der Waals surface area contributed by atoms with E-state index in [9.17, 15) is 9.59 Å². The summed E-state index contributed by atoms with van der Waals surface area (Å²) in [5.41, 5.74) is 0.390. The first-order chi connectivity index (χ1) is 9.43. The molecule has 1 aromatic rings. The smallest absolute Gasteiger partial charge is 0.252 e. The van der Waals surface area contributed by atoms with Crippen LogP contribution in [0.25, 0.3) is 0 Å². The highest BCUT2D eigenvalue weighted by molar-refractivity contribution is 9.10. The molecule has 0 aliphatic heterocycles. The van der Waals surface area contributed by atoms with Crippen molar-refractivity contribution in [2.45, 2.75) is 13.0 Å². The lowest BCUT2D eigenvalue weighted by Crippen LogP contribution is -2.45. The van der Waals surface area contributed by atoms with Gasteiger partial charge in [0.1, 0.15) is 6.04 Å². The number of halogens is 2. The van der Waals surface area contributed by atoms with Gasteiger partial charge < -0.3 is 15.4 Å². The van der Waals surface area contributed by atoms with Crippen LogP contribution in [0.5, 0.6) is 0 Å². The lowest BCUT2D eigenvalue weighted by atomic mass is 10.2. The molecule has 0 fully saturated rings. The normalized spacial score (nSPS) is 11.8. The molecule has 1 rings (SSSR count). The Balaban J connectivity index is 2.58. The second kappa shape index (κ2) is 8.24. The topological polar surface area (TPSA) is 67.4 Å². The zero-order chi connectivity index (χ0) is 15.1. The molecule has 0 radical (unpaired) electrons. The number of rotatable bonds is 6. The predicted octanol–water partition coefficient (Wildman–Crippen LogP) is 1.98. The van der Waals surface area contributed by atoms with Gasteiger partial charge >= 0.3 is 0 Å². The van der Waals surface area contributed by atoms with Crippen molar-refractivity contribution in [2.75, 3.05) is 20.3 Å². The van der Waals surface area contributed by atoms with E-state index in [1.165, 1.54) is 6.07 Å². The van der Waals surface area contributed by atoms with Crippen molar-refractivity contribution in [2.24, 2.45) is 0 Å². The van der Waals surface area contributed by atoms with Crippen molar-refractivity contribution in [1.82, 2.24) is 10.6 Å². The SMILES string of the molecule is COCCNC(=O)C(C)NC(=O)c1cc(Cl)cc(Br)c1. The molecule has 20 heavy (non-hydrogen) atoms. The van der Waals surface area contributed by atoms with Crippen LogP contribution in [0.3, 0.4) is 0 Å². The average Bonchev–Trinajstić information content (AvgIpc) is 2.37. The Labute approximate surface area is 131 Å². The van der Waals surface area contributed by atoms with Gasteiger partial charge in [0.2, 0.25) is 5.91 Å². The largest absolute Gasteiger partial charge is 0.383 e. The molecule has 2 N–H and O–H groups in total. The number of nitrogens with one attached hydrogen (secondary N) is 2. The maximum absolute atomic E-state index is 12.0. The van der Waals surface area contributed by atoms with E-state index < -0.39 is 6.04 Å². The second-order valence-corrected chi connectivity index (χ2v) is 5.49. The van der Waals surface area contributed by atoms with Crippen LogP contribution in [0.2, 0.25) is 5.02 Å². The molecule has 5 nitrogen and oxygen atoms in total. The van der Waals surface area contributed by atoms with E-state index in [1.54, 1.807) is 26.2 Å². The number of hydrogen-bond donors (Lipinski definition) is 2. The molecule has 0 bridgehead atoms. The Hall–Kier alpha value is -1.11. The zero-order valence-corrected chi connectivity index (χ0v) is 13.5. The standard InChI is InChI=1S/C13H16BrClN2O3/c1-8(12(18)16-3-4-20-2)17-13(19)9-5-10(14)7-11(15)6-9/h5-8H,3-4H2,1-2H3,(H,16,18)(H,17,19). The van der Waals surface area contributed by atoms with Crippen molar-refractivity contribution in [3.8, 4) is 0 Å². The van der Waals surface area contributed by atoms with Crippen molar-refractivity contribution < 1.29 is 14.3 Å². The summed E-state index contributed by atoms with van der Waals surface area (Å²) in [4.78, 5) is 23.7. The number of benzene rings is 1. The van der Waals surface area contributed by atoms with Crippen molar-refractivity contribution >= 4 is 39.3 Å². The van der Waals surface area contributed by atoms with Gasteiger partial charge in [-0.05, 0) is 25.1 Å². The third-order valence-electron chi connectivity index (χ3n) is 2.47. The first-order valence-electron chi connectivity index (χ1n) is 5.97. The van der Waals surface area contributed by atoms with Crippen LogP contribution in [-0.2, 0) is 9.53 Å². The van der Waals surface area contributed by atoms with Gasteiger partial charge in [0.15, 0.2) is 0 Å². The molecule has 2 amide bonds. The Morgan fingerprint density at radius 3 is 2.70 bits per heavy atom. The fourth-order valence-electron chi connectivity index (χ4n) is 1.46. The van der Waals surface area contributed by atoms with Crippen molar-refractivity contribution in [3.05, 3.63) is 33.3 Å². The Kier molecular flexibility index (Phi) is 6.98. The van der Waals surface area contributed by atoms with Crippen LogP contribution in [-0.4, -0.2) is 38.1 Å². The molecule has 0 heterocycles. The molecule has 1 unspecified atom stereocenters. The average molecular weight is 364 g/mol. The highest BCUT2D eigenvalue weighted by Crippen LogP contribution is 2.19. The van der Waals surface area contributed by atoms with Crippen molar-refractivity contribution in [1.29, 1.82) is 0 Å². The molecule has 0 saturated heterocycles. The maximum Gasteiger partial charge on any atom is 0.252 e. The van der Waals surface area contributed by atoms with Gasteiger partial charge in [-0.25, -0.2) is 0 Å². The van der Waals surface area contributed by atoms with Gasteiger partial charge in [-0.3, -0.25) is 9.59 Å². The van der Waals surface area contributed by atoms with Gasteiger partial charge in [0.05, 0.1) is 6.61 Å². The molecule has 1 atom stereocenters. The molecular formula is C13H16BrClN2O3. The molecule has 0 saturated carbocycles. The number of carbonyl (C=O) groups is 2. The minimum Gasteiger partial charge on any atom is -0.383 e. The quantitative estimate of drug-likeness (QED) is 0.760. The van der Waals surface area contributed by atoms with Crippen molar-refractivity contribution in [3.63, 3.8) is 0 Å². The maximum atomic E-state index is 12.0. The molecule has 0 aliphatic carbocycles. The van der Waals surface area contributed by atoms with Gasteiger partial charge in [-0.15, -0.1) is 0 Å². The van der Waals surface area contributed by atoms with E-state index >= 15 is 0 Å². The number of carbonyl (C=O) groups excluding carboxylic acids is 2. The van der Waals surface area contributed by atoms with E-state index in [4.69, 9.17) is 16.3 Å². The summed E-state index contributed by atoms with van der Waals surface area (Å²) in [5.74, 6) is -0.626. The Morgan fingerprint density at radius 1 is 1.40 bits per heavy atom. The summed E-state index contributed by atoms with van der Waals surface area (Å²) in [6.45, 7) is 2.44. The fourth-order valence-corrected chi connectivity index (χ4v) is 2.32. The van der Waals surface area contributed by atoms with Gasteiger partial charge in [-0.1, -0.05) is 27.5 Å². The van der Waals surface area contributed by atoms with E-state index in [0.29, 0.717) is 28.2 Å². The lowest BCUT2D eigenvalue weighted by Gasteiger charge is -2.14. The van der Waals surface area contributed by atoms with E-state index in [1.807, 2.05) is 0 Å². The summed E-state index contributed by atoms with van der Waals surface area (Å²) < 4.78 is 5.53. The van der Waals surface area contributed by atoms with Gasteiger partial charge in [0.25, 0.3) is 5.91 Å². The molecular weight excluding hydrogens is 348 g/mol. The number of ether oxygens (including phenoxy) is 1. The first kappa shape index (κ1) is 16.9. The van der Waals surface area contributed by atoms with E-state index in [-0.39, 0.29) is 11.8 Å². The van der Waals surface area contributed by atoms with Gasteiger partial charge in [0, 0.05) is 28.7 Å². The summed E-state index contributed by atoms with van der Waals surface area (Å²) in [7, 11) is 1.55. The van der Waals surface area contributed by atoms with E-state index in [2.05, 4.69) is 26.6 Å². The fraction of sp³-hybridized carbons (Fsp3) is 0.385. The molecule has 1 aromatic carbocycles. The number of amides is 2. The third kappa shape index (κ3) is 5.48. The van der Waals surface area contributed by atoms with Gasteiger partial charge in [-0.2, -0.15) is 0 Å². The van der Waals surface area contributed by atoms with Crippen LogP contribution in [0.4, 0.5) is 0 Å². The molecule has 110 valence electrons. The summed E-state index contributed by atoms with van der Waals surface area (Å²) in [5, 5.41) is 5.70. The second-order valence-electron chi connectivity index (χ2n) is 4.14. The van der Waals surface area contributed by atoms with Crippen LogP contribution < -0.4 is 10.6 Å². The Bertz CT molecular complexity index is 476. The van der Waals surface area contributed by atoms with Crippen LogP contribution in [0, 0.1) is 0 Å². The Morgan fingerprint density at radius 2 is 2.10 bits per heavy atom. The lowest BCUT2D eigenvalue weighted by molar-refractivity contribution is -0.122. The summed E-state index contributed by atoms with van der Waals surface area (Å²) >= 11 is 9.14. The van der Waals surface area contributed by atoms with E-state index in [0.717, 1.165) is 0 Å². The summed E-state index contributed by atoms with van der Waals surface area (Å²) in [6.07, 6.45) is 0. The molecule has 0 spiro atoms. The number of hydrogen-bond acceptors (Lipinski definition) is 3. The van der Waals surface area contributed by atoms with Crippen LogP contribution in [0.15, 0.2) is 22.7 Å². The predicted molar refractivity (Wildman–Crippen MR) is 81.0 cm³/mol. The molecule has 0 aromatic heterocycles. The monoisotopic (exact) mass is 362 g/mol. The molecule has 0 aliphatic rings. The molecule has 7 heteroatoms. The minimum absolute atomic E-state index is 0.267. The first-order valence-corrected chi connectivity index (χ1v) is 7.14. The van der Waals surface area contributed by atoms with Crippen LogP contribution >= 0.6 is 27.5 Å². The zero-order valence-electron chi connectivity index (χ0n) is 11.2. The number of methoxy groups -OCH3 is 1. The third-order valence-corrected chi connectivity index (χ3v) is 3.15.